The molecule has 4 aliphatic rings. The van der Waals surface area contributed by atoms with Crippen LogP contribution in [-0.4, -0.2) is 46.2 Å². The molecule has 2 saturated heterocycles. The number of aliphatic hydroxyl groups excluding tert-OH is 2. The Morgan fingerprint density at radius 2 is 2.10 bits per heavy atom. The van der Waals surface area contributed by atoms with Gasteiger partial charge in [0.2, 0.25) is 0 Å². The lowest BCUT2D eigenvalue weighted by Crippen LogP contribution is -2.58. The third kappa shape index (κ3) is 1.32. The molecule has 0 unspecified atom stereocenters. The summed E-state index contributed by atoms with van der Waals surface area (Å²) in [6.07, 6.45) is 4.20. The Morgan fingerprint density at radius 3 is 2.90 bits per heavy atom. The summed E-state index contributed by atoms with van der Waals surface area (Å²) < 4.78 is 0. The van der Waals surface area contributed by atoms with Gasteiger partial charge in [0.15, 0.2) is 0 Å². The van der Waals surface area contributed by atoms with Gasteiger partial charge < -0.3 is 15.1 Å². The summed E-state index contributed by atoms with van der Waals surface area (Å²) in [4.78, 5) is 14.9. The van der Waals surface area contributed by atoms with Gasteiger partial charge in [-0.15, -0.1) is 0 Å². The Kier molecular flexibility index (Phi) is 2.62. The molecule has 0 amide bonds. The molecule has 0 aromatic heterocycles. The highest BCUT2D eigenvalue weighted by atomic mass is 16.3. The molecule has 0 aromatic rings. The Bertz CT molecular complexity index is 488. The van der Waals surface area contributed by atoms with E-state index in [-0.39, 0.29) is 23.5 Å². The molecule has 0 radical (unpaired) electrons. The van der Waals surface area contributed by atoms with E-state index in [1.165, 1.54) is 5.70 Å². The second-order valence-corrected chi connectivity index (χ2v) is 7.10. The van der Waals surface area contributed by atoms with Crippen LogP contribution in [0.4, 0.5) is 0 Å². The number of ketones is 1. The number of hydrogen-bond donors (Lipinski definition) is 2. The number of hydrogen-bond acceptors (Lipinski definition) is 4. The van der Waals surface area contributed by atoms with Crippen LogP contribution in [0.2, 0.25) is 0 Å². The van der Waals surface area contributed by atoms with Gasteiger partial charge in [-0.1, -0.05) is 13.0 Å². The van der Waals surface area contributed by atoms with Gasteiger partial charge in [0.05, 0.1) is 17.6 Å². The highest BCUT2D eigenvalue weighted by Crippen LogP contribution is 2.62. The summed E-state index contributed by atoms with van der Waals surface area (Å²) in [6, 6.07) is 0. The maximum absolute atomic E-state index is 12.5. The monoisotopic (exact) mass is 277 g/mol. The third-order valence-electron chi connectivity index (χ3n) is 6.30. The van der Waals surface area contributed by atoms with Crippen molar-refractivity contribution in [2.24, 2.45) is 23.2 Å². The molecule has 4 rings (SSSR count). The average molecular weight is 277 g/mol. The zero-order valence-corrected chi connectivity index (χ0v) is 12.0. The third-order valence-corrected chi connectivity index (χ3v) is 6.30. The highest BCUT2D eigenvalue weighted by Gasteiger charge is 2.66. The van der Waals surface area contributed by atoms with E-state index in [4.69, 9.17) is 0 Å². The van der Waals surface area contributed by atoms with Gasteiger partial charge in [-0.2, -0.15) is 0 Å². The van der Waals surface area contributed by atoms with E-state index in [0.717, 1.165) is 32.4 Å². The largest absolute Gasteiger partial charge is 0.392 e. The van der Waals surface area contributed by atoms with E-state index in [0.29, 0.717) is 6.42 Å². The van der Waals surface area contributed by atoms with Crippen LogP contribution in [0.3, 0.4) is 0 Å². The van der Waals surface area contributed by atoms with Crippen LogP contribution in [0, 0.1) is 23.2 Å². The second kappa shape index (κ2) is 4.08. The van der Waals surface area contributed by atoms with Crippen LogP contribution in [0.1, 0.15) is 32.6 Å². The molecule has 2 N–H and O–H groups in total. The quantitative estimate of drug-likeness (QED) is 0.691. The van der Waals surface area contributed by atoms with Crippen LogP contribution in [0.5, 0.6) is 0 Å². The average Bonchev–Trinajstić information content (AvgIpc) is 2.64. The maximum atomic E-state index is 12.5. The fraction of sp³-hybridized carbons (Fsp3) is 0.812. The second-order valence-electron chi connectivity index (χ2n) is 7.10. The van der Waals surface area contributed by atoms with Crippen LogP contribution in [0.15, 0.2) is 11.8 Å². The topological polar surface area (TPSA) is 60.8 Å². The molecule has 6 atom stereocenters. The van der Waals surface area contributed by atoms with Crippen molar-refractivity contribution in [3.8, 4) is 0 Å². The van der Waals surface area contributed by atoms with Crippen LogP contribution in [0.25, 0.3) is 0 Å². The van der Waals surface area contributed by atoms with Crippen molar-refractivity contribution in [2.45, 2.75) is 44.8 Å². The number of carbonyl (C=O) groups is 1. The summed E-state index contributed by atoms with van der Waals surface area (Å²) in [5.74, 6) is 0.157. The number of nitrogens with zero attached hydrogens (tertiary/aromatic N) is 1. The Balaban J connectivity index is 1.96. The number of carbonyl (C=O) groups excluding carboxylic acids is 1. The zero-order chi connectivity index (χ0) is 14.1. The van der Waals surface area contributed by atoms with Gasteiger partial charge in [0, 0.05) is 43.0 Å². The van der Waals surface area contributed by atoms with Gasteiger partial charge in [-0.3, -0.25) is 4.79 Å². The van der Waals surface area contributed by atoms with Gasteiger partial charge in [0.25, 0.3) is 0 Å². The van der Waals surface area contributed by atoms with Crippen molar-refractivity contribution in [1.29, 1.82) is 0 Å². The Morgan fingerprint density at radius 1 is 1.30 bits per heavy atom. The first-order valence-corrected chi connectivity index (χ1v) is 7.93. The van der Waals surface area contributed by atoms with Crippen LogP contribution < -0.4 is 0 Å². The van der Waals surface area contributed by atoms with Crippen molar-refractivity contribution < 1.29 is 15.0 Å². The predicted molar refractivity (Wildman–Crippen MR) is 73.7 cm³/mol. The van der Waals surface area contributed by atoms with Gasteiger partial charge in [-0.05, 0) is 19.3 Å². The molecule has 2 aliphatic heterocycles. The molecule has 4 heteroatoms. The van der Waals surface area contributed by atoms with Crippen molar-refractivity contribution in [2.75, 3.05) is 13.1 Å². The van der Waals surface area contributed by atoms with Crippen molar-refractivity contribution in [3.05, 3.63) is 11.8 Å². The van der Waals surface area contributed by atoms with Gasteiger partial charge >= 0.3 is 0 Å². The van der Waals surface area contributed by atoms with E-state index in [9.17, 15) is 15.0 Å². The fourth-order valence-electron chi connectivity index (χ4n) is 5.47. The summed E-state index contributed by atoms with van der Waals surface area (Å²) >= 11 is 0. The van der Waals surface area contributed by atoms with Crippen molar-refractivity contribution in [1.82, 2.24) is 4.90 Å². The SMILES string of the molecule is C[C@H]1C=C2N3CCC[C@@H]4C(=O)C[C@H]([C@H]1O)[C@]24[C@H](O)CC3. The number of rotatable bonds is 0. The minimum Gasteiger partial charge on any atom is -0.392 e. The number of piperidine rings is 1. The molecule has 4 nitrogen and oxygen atoms in total. The van der Waals surface area contributed by atoms with Crippen molar-refractivity contribution in [3.63, 3.8) is 0 Å². The summed E-state index contributed by atoms with van der Waals surface area (Å²) in [7, 11) is 0. The van der Waals surface area contributed by atoms with Crippen LogP contribution >= 0.6 is 0 Å². The molecule has 0 aromatic carbocycles. The van der Waals surface area contributed by atoms with E-state index < -0.39 is 17.6 Å². The first-order valence-electron chi connectivity index (χ1n) is 7.93. The highest BCUT2D eigenvalue weighted by molar-refractivity contribution is 5.86. The minimum absolute atomic E-state index is 0.0700. The summed E-state index contributed by atoms with van der Waals surface area (Å²) in [6.45, 7) is 3.89. The smallest absolute Gasteiger partial charge is 0.137 e. The molecule has 3 fully saturated rings. The summed E-state index contributed by atoms with van der Waals surface area (Å²) in [5.41, 5.74) is 0.685. The van der Waals surface area contributed by atoms with E-state index in [1.54, 1.807) is 0 Å². The molecule has 110 valence electrons. The first-order chi connectivity index (χ1) is 9.56. The van der Waals surface area contributed by atoms with E-state index >= 15 is 0 Å². The lowest BCUT2D eigenvalue weighted by molar-refractivity contribution is -0.126. The summed E-state index contributed by atoms with van der Waals surface area (Å²) in [5, 5.41) is 21.4. The van der Waals surface area contributed by atoms with E-state index in [1.807, 2.05) is 6.92 Å². The molecular formula is C16H23NO3. The standard InChI is InChI=1S/C16H23NO3/c1-9-7-13-16-10(12(18)8-11(16)15(9)20)3-2-5-17(13)6-4-14(16)19/h7,9-11,14-15,19-20H,2-6,8H2,1H3/t9-,10+,11+,14+,15-,16-/m0/s1. The number of aliphatic hydroxyl groups is 2. The molecular weight excluding hydrogens is 254 g/mol. The maximum Gasteiger partial charge on any atom is 0.137 e. The first kappa shape index (κ1) is 12.8. The van der Waals surface area contributed by atoms with Crippen molar-refractivity contribution >= 4 is 5.78 Å². The minimum atomic E-state index is -0.500. The Labute approximate surface area is 119 Å². The van der Waals surface area contributed by atoms with Crippen LogP contribution in [-0.2, 0) is 4.79 Å². The predicted octanol–water partition coefficient (Wildman–Crippen LogP) is 0.933. The van der Waals surface area contributed by atoms with Gasteiger partial charge in [-0.25, -0.2) is 0 Å². The lowest BCUT2D eigenvalue weighted by Gasteiger charge is -2.55. The normalized spacial score (nSPS) is 50.5. The number of Topliss-reactive ketones (excluding diaryl/α,β-unsaturated/α-hetero) is 1. The molecule has 2 aliphatic carbocycles. The fourth-order valence-corrected chi connectivity index (χ4v) is 5.47. The molecule has 2 bridgehead atoms. The van der Waals surface area contributed by atoms with E-state index in [2.05, 4.69) is 11.0 Å². The zero-order valence-electron chi connectivity index (χ0n) is 12.0. The molecule has 2 heterocycles. The molecule has 20 heavy (non-hydrogen) atoms. The molecule has 1 saturated carbocycles. The lowest BCUT2D eigenvalue weighted by atomic mass is 9.57. The molecule has 1 spiro atoms. The van der Waals surface area contributed by atoms with Gasteiger partial charge in [0.1, 0.15) is 5.78 Å². The Hall–Kier alpha value is -0.870.